The Kier molecular flexibility index (Phi) is 2.70. The van der Waals surface area contributed by atoms with Gasteiger partial charge in [-0.2, -0.15) is 0 Å². The van der Waals surface area contributed by atoms with E-state index in [4.69, 9.17) is 5.11 Å². The first kappa shape index (κ1) is 10.8. The van der Waals surface area contributed by atoms with Crippen LogP contribution in [0.25, 0.3) is 16.7 Å². The molecule has 1 aliphatic heterocycles. The number of aliphatic hydroxyl groups excluding tert-OH is 1. The number of nitrogens with zero attached hydrogens (tertiary/aromatic N) is 1. The number of rotatable bonds is 2. The van der Waals surface area contributed by atoms with Crippen LogP contribution in [0, 0.1) is 0 Å². The molecule has 2 aromatic rings. The van der Waals surface area contributed by atoms with Crippen molar-refractivity contribution in [2.45, 2.75) is 6.61 Å². The molecule has 4 nitrogen and oxygen atoms in total. The van der Waals surface area contributed by atoms with Crippen molar-refractivity contribution in [3.63, 3.8) is 0 Å². The van der Waals surface area contributed by atoms with Gasteiger partial charge in [0.2, 0.25) is 0 Å². The molecule has 3 rings (SSSR count). The highest BCUT2D eigenvalue weighted by molar-refractivity contribution is 5.89. The molecule has 1 aromatic carbocycles. The van der Waals surface area contributed by atoms with Crippen LogP contribution in [-0.2, 0) is 6.61 Å². The summed E-state index contributed by atoms with van der Waals surface area (Å²) in [5, 5.41) is 12.4. The lowest BCUT2D eigenvalue weighted by molar-refractivity contribution is 0.273. The number of para-hydroxylation sites is 1. The lowest BCUT2D eigenvalue weighted by Gasteiger charge is -2.06. The summed E-state index contributed by atoms with van der Waals surface area (Å²) in [5.41, 5.74) is 3.79. The maximum atomic E-state index is 9.14. The Balaban J connectivity index is 2.16. The Bertz CT molecular complexity index is 665. The van der Waals surface area contributed by atoms with Crippen molar-refractivity contribution in [3.05, 3.63) is 60.1 Å². The average Bonchev–Trinajstić information content (AvgIpc) is 2.64. The van der Waals surface area contributed by atoms with Crippen molar-refractivity contribution < 1.29 is 5.11 Å². The van der Waals surface area contributed by atoms with Gasteiger partial charge in [-0.15, -0.1) is 0 Å². The zero-order chi connectivity index (χ0) is 12.4. The summed E-state index contributed by atoms with van der Waals surface area (Å²) in [6, 6.07) is 5.93. The van der Waals surface area contributed by atoms with Crippen molar-refractivity contribution in [1.29, 1.82) is 0 Å². The minimum absolute atomic E-state index is 0.0829. The zero-order valence-corrected chi connectivity index (χ0v) is 9.72. The van der Waals surface area contributed by atoms with Crippen molar-refractivity contribution in [2.24, 2.45) is 0 Å². The molecule has 0 spiro atoms. The van der Waals surface area contributed by atoms with Crippen molar-refractivity contribution in [1.82, 2.24) is 15.3 Å². The van der Waals surface area contributed by atoms with Gasteiger partial charge in [-0.1, -0.05) is 24.3 Å². The van der Waals surface area contributed by atoms with Gasteiger partial charge in [0.1, 0.15) is 12.4 Å². The molecule has 1 aromatic heterocycles. The van der Waals surface area contributed by atoms with E-state index in [9.17, 15) is 0 Å². The fourth-order valence-electron chi connectivity index (χ4n) is 2.00. The summed E-state index contributed by atoms with van der Waals surface area (Å²) in [5.74, 6) is 0.581. The number of aromatic amines is 1. The van der Waals surface area contributed by atoms with Crippen LogP contribution in [0.3, 0.4) is 0 Å². The fourth-order valence-corrected chi connectivity index (χ4v) is 2.00. The molecule has 18 heavy (non-hydrogen) atoms. The van der Waals surface area contributed by atoms with Crippen LogP contribution in [-0.4, -0.2) is 15.1 Å². The highest BCUT2D eigenvalue weighted by Crippen LogP contribution is 2.22. The Morgan fingerprint density at radius 3 is 3.00 bits per heavy atom. The van der Waals surface area contributed by atoms with Crippen molar-refractivity contribution in [3.8, 4) is 0 Å². The molecule has 0 atom stereocenters. The number of benzene rings is 1. The van der Waals surface area contributed by atoms with Gasteiger partial charge in [0.15, 0.2) is 0 Å². The van der Waals surface area contributed by atoms with Gasteiger partial charge in [0.25, 0.3) is 0 Å². The predicted molar refractivity (Wildman–Crippen MR) is 71.4 cm³/mol. The maximum Gasteiger partial charge on any atom is 0.133 e. The SMILES string of the molecule is OCc1nc2c(C3=CC=CC=CN3)cccc2[nH]1. The van der Waals surface area contributed by atoms with Crippen LogP contribution in [0.1, 0.15) is 11.4 Å². The first-order valence-corrected chi connectivity index (χ1v) is 5.77. The van der Waals surface area contributed by atoms with Gasteiger partial charge in [-0.05, 0) is 18.2 Å². The van der Waals surface area contributed by atoms with Crippen LogP contribution < -0.4 is 5.32 Å². The van der Waals surface area contributed by atoms with Gasteiger partial charge in [-0.3, -0.25) is 0 Å². The molecule has 0 saturated heterocycles. The standard InChI is InChI=1S/C14H13N3O/c18-9-13-16-12-7-4-5-10(14(12)17-13)11-6-2-1-3-8-15-11/h1-8,15,18H,9H2,(H,16,17). The fraction of sp³-hybridized carbons (Fsp3) is 0.0714. The van der Waals surface area contributed by atoms with Crippen molar-refractivity contribution >= 4 is 16.7 Å². The Hall–Kier alpha value is -2.33. The van der Waals surface area contributed by atoms with Crippen LogP contribution in [0.15, 0.2) is 48.7 Å². The summed E-state index contributed by atoms with van der Waals surface area (Å²) in [6.45, 7) is -0.0829. The molecule has 90 valence electrons. The first-order chi connectivity index (χ1) is 8.88. The third-order valence-electron chi connectivity index (χ3n) is 2.82. The second-order valence-corrected chi connectivity index (χ2v) is 4.01. The maximum absolute atomic E-state index is 9.14. The third-order valence-corrected chi connectivity index (χ3v) is 2.82. The van der Waals surface area contributed by atoms with Gasteiger partial charge in [-0.25, -0.2) is 4.98 Å². The van der Waals surface area contributed by atoms with Crippen LogP contribution in [0.5, 0.6) is 0 Å². The minimum Gasteiger partial charge on any atom is -0.388 e. The summed E-state index contributed by atoms with van der Waals surface area (Å²) in [6.07, 6.45) is 9.76. The van der Waals surface area contributed by atoms with Gasteiger partial charge >= 0.3 is 0 Å². The van der Waals surface area contributed by atoms with E-state index in [1.165, 1.54) is 0 Å². The number of imidazole rings is 1. The van der Waals surface area contributed by atoms with Crippen molar-refractivity contribution in [2.75, 3.05) is 0 Å². The number of hydrogen-bond acceptors (Lipinski definition) is 3. The molecule has 0 saturated carbocycles. The molecule has 0 amide bonds. The van der Waals surface area contributed by atoms with Gasteiger partial charge in [0.05, 0.1) is 11.0 Å². The molecule has 2 heterocycles. The second kappa shape index (κ2) is 4.50. The minimum atomic E-state index is -0.0829. The third kappa shape index (κ3) is 1.83. The van der Waals surface area contributed by atoms with E-state index >= 15 is 0 Å². The van der Waals surface area contributed by atoms with E-state index in [2.05, 4.69) is 15.3 Å². The number of aromatic nitrogens is 2. The lowest BCUT2D eigenvalue weighted by atomic mass is 10.1. The normalized spacial score (nSPS) is 14.4. The molecule has 0 bridgehead atoms. The highest BCUT2D eigenvalue weighted by Gasteiger charge is 2.09. The molecule has 0 radical (unpaired) electrons. The first-order valence-electron chi connectivity index (χ1n) is 5.77. The zero-order valence-electron chi connectivity index (χ0n) is 9.72. The van der Waals surface area contributed by atoms with Gasteiger partial charge in [0, 0.05) is 17.5 Å². The summed E-state index contributed by atoms with van der Waals surface area (Å²) < 4.78 is 0. The number of aliphatic hydroxyl groups is 1. The molecule has 0 fully saturated rings. The van der Waals surface area contributed by atoms with E-state index in [1.807, 2.05) is 48.7 Å². The molecule has 3 N–H and O–H groups in total. The Morgan fingerprint density at radius 1 is 1.17 bits per heavy atom. The number of fused-ring (bicyclic) bond motifs is 1. The molecule has 1 aliphatic rings. The Morgan fingerprint density at radius 2 is 2.11 bits per heavy atom. The molecular formula is C14H13N3O. The number of hydrogen-bond donors (Lipinski definition) is 3. The highest BCUT2D eigenvalue weighted by atomic mass is 16.3. The van der Waals surface area contributed by atoms with Gasteiger partial charge < -0.3 is 15.4 Å². The largest absolute Gasteiger partial charge is 0.388 e. The second-order valence-electron chi connectivity index (χ2n) is 4.01. The molecule has 4 heteroatoms. The lowest BCUT2D eigenvalue weighted by Crippen LogP contribution is -2.03. The number of H-pyrrole nitrogens is 1. The van der Waals surface area contributed by atoms with E-state index in [-0.39, 0.29) is 6.61 Å². The van der Waals surface area contributed by atoms with Crippen LogP contribution in [0.4, 0.5) is 0 Å². The quantitative estimate of drug-likeness (QED) is 0.751. The Labute approximate surface area is 104 Å². The number of allylic oxidation sites excluding steroid dienone is 4. The van der Waals surface area contributed by atoms with Crippen LogP contribution >= 0.6 is 0 Å². The monoisotopic (exact) mass is 239 g/mol. The molecular weight excluding hydrogens is 226 g/mol. The topological polar surface area (TPSA) is 60.9 Å². The molecule has 0 unspecified atom stereocenters. The smallest absolute Gasteiger partial charge is 0.133 e. The average molecular weight is 239 g/mol. The van der Waals surface area contributed by atoms with E-state index in [1.54, 1.807) is 0 Å². The van der Waals surface area contributed by atoms with E-state index in [0.717, 1.165) is 22.3 Å². The van der Waals surface area contributed by atoms with E-state index in [0.29, 0.717) is 5.82 Å². The predicted octanol–water partition coefficient (Wildman–Crippen LogP) is 2.07. The number of nitrogens with one attached hydrogen (secondary N) is 2. The summed E-state index contributed by atoms with van der Waals surface area (Å²) in [7, 11) is 0. The summed E-state index contributed by atoms with van der Waals surface area (Å²) in [4.78, 5) is 7.49. The van der Waals surface area contributed by atoms with Crippen LogP contribution in [0.2, 0.25) is 0 Å². The van der Waals surface area contributed by atoms with E-state index < -0.39 is 0 Å². The summed E-state index contributed by atoms with van der Waals surface area (Å²) >= 11 is 0. The molecule has 0 aliphatic carbocycles.